The first-order valence-corrected chi connectivity index (χ1v) is 4.43. The number of halogens is 1. The Hall–Kier alpha value is -0.490. The molecule has 1 aromatic carbocycles. The topological polar surface area (TPSA) is 0 Å². The van der Waals surface area contributed by atoms with Crippen LogP contribution in [0.25, 0.3) is 0 Å². The van der Waals surface area contributed by atoms with E-state index in [0.29, 0.717) is 0 Å². The zero-order chi connectivity index (χ0) is 8.69. The van der Waals surface area contributed by atoms with Crippen molar-refractivity contribution in [3.05, 3.63) is 35.9 Å². The first kappa shape index (κ1) is 10.5. The summed E-state index contributed by atoms with van der Waals surface area (Å²) in [7, 11) is 0. The van der Waals surface area contributed by atoms with Gasteiger partial charge in [-0.2, -0.15) is 0 Å². The molecule has 0 bridgehead atoms. The number of hydrogen-bond acceptors (Lipinski definition) is 0. The van der Waals surface area contributed by atoms with Crippen molar-refractivity contribution < 1.29 is 0 Å². The second kappa shape index (κ2) is 6.23. The van der Waals surface area contributed by atoms with Gasteiger partial charge in [0, 0.05) is 0 Å². The number of benzene rings is 1. The molecule has 0 spiro atoms. The van der Waals surface area contributed by atoms with E-state index in [1.165, 1.54) is 5.56 Å². The Bertz CT molecular complexity index is 167. The fraction of sp³-hybridized carbons (Fsp3) is 0.400. The van der Waals surface area contributed by atoms with E-state index in [4.69, 9.17) is 11.6 Å². The molecule has 62 valence electrons. The summed E-state index contributed by atoms with van der Waals surface area (Å²) in [5.41, 5.74) is 1.18. The van der Waals surface area contributed by atoms with Gasteiger partial charge in [-0.25, -0.2) is 0 Å². The van der Waals surface area contributed by atoms with E-state index in [0.717, 1.165) is 0 Å². The van der Waals surface area contributed by atoms with Gasteiger partial charge in [-0.15, -0.1) is 11.6 Å². The molecule has 0 N–H and O–H groups in total. The van der Waals surface area contributed by atoms with E-state index in [-0.39, 0.29) is 5.38 Å². The molecule has 0 aromatic heterocycles. The Balaban J connectivity index is 0.000000461. The summed E-state index contributed by atoms with van der Waals surface area (Å²) in [6, 6.07) is 10.0. The Morgan fingerprint density at radius 1 is 1.09 bits per heavy atom. The fourth-order valence-corrected chi connectivity index (χ4v) is 0.864. The second-order valence-electron chi connectivity index (χ2n) is 2.03. The van der Waals surface area contributed by atoms with Crippen molar-refractivity contribution >= 4 is 11.6 Å². The summed E-state index contributed by atoms with van der Waals surface area (Å²) in [5.74, 6) is 0. The van der Waals surface area contributed by atoms with Crippen molar-refractivity contribution in [1.29, 1.82) is 0 Å². The van der Waals surface area contributed by atoms with Crippen LogP contribution in [0.4, 0.5) is 0 Å². The van der Waals surface area contributed by atoms with Gasteiger partial charge < -0.3 is 0 Å². The van der Waals surface area contributed by atoms with E-state index >= 15 is 0 Å². The van der Waals surface area contributed by atoms with Gasteiger partial charge in [0.05, 0.1) is 5.38 Å². The molecule has 1 unspecified atom stereocenters. The van der Waals surface area contributed by atoms with E-state index in [9.17, 15) is 0 Å². The first-order valence-electron chi connectivity index (χ1n) is 3.99. The molecule has 0 aliphatic heterocycles. The third-order valence-corrected chi connectivity index (χ3v) is 1.51. The molecule has 11 heavy (non-hydrogen) atoms. The minimum absolute atomic E-state index is 0.131. The van der Waals surface area contributed by atoms with Gasteiger partial charge in [0.2, 0.25) is 0 Å². The van der Waals surface area contributed by atoms with Gasteiger partial charge in [-0.1, -0.05) is 44.2 Å². The molecule has 0 amide bonds. The van der Waals surface area contributed by atoms with Gasteiger partial charge in [0.15, 0.2) is 0 Å². The largest absolute Gasteiger partial charge is 0.118 e. The van der Waals surface area contributed by atoms with Crippen molar-refractivity contribution in [3.63, 3.8) is 0 Å². The highest BCUT2D eigenvalue weighted by atomic mass is 35.5. The monoisotopic (exact) mass is 170 g/mol. The third kappa shape index (κ3) is 4.05. The smallest absolute Gasteiger partial charge is 0.0557 e. The Morgan fingerprint density at radius 3 is 1.82 bits per heavy atom. The van der Waals surface area contributed by atoms with Gasteiger partial charge in [0.25, 0.3) is 0 Å². The highest BCUT2D eigenvalue weighted by Crippen LogP contribution is 2.17. The zero-order valence-corrected chi connectivity index (χ0v) is 8.10. The molecule has 0 aliphatic carbocycles. The molecule has 1 heteroatoms. The number of rotatable bonds is 1. The maximum atomic E-state index is 5.80. The van der Waals surface area contributed by atoms with Crippen molar-refractivity contribution in [1.82, 2.24) is 0 Å². The standard InChI is InChI=1S/C8H9Cl.C2H6/c1-7(9)8-5-3-2-4-6-8;1-2/h2-7H,1H3;1-2H3. The molecule has 1 rings (SSSR count). The molecule has 0 heterocycles. The van der Waals surface area contributed by atoms with Crippen molar-refractivity contribution in [2.24, 2.45) is 0 Å². The Labute approximate surface area is 74.2 Å². The first-order chi connectivity index (χ1) is 5.30. The van der Waals surface area contributed by atoms with E-state index in [2.05, 4.69) is 0 Å². The van der Waals surface area contributed by atoms with E-state index < -0.39 is 0 Å². The maximum absolute atomic E-state index is 5.80. The summed E-state index contributed by atoms with van der Waals surface area (Å²) < 4.78 is 0. The lowest BCUT2D eigenvalue weighted by Crippen LogP contribution is -1.80. The lowest BCUT2D eigenvalue weighted by atomic mass is 10.2. The average molecular weight is 171 g/mol. The zero-order valence-electron chi connectivity index (χ0n) is 7.34. The minimum atomic E-state index is 0.131. The summed E-state index contributed by atoms with van der Waals surface area (Å²) in [5, 5.41) is 0.131. The van der Waals surface area contributed by atoms with Gasteiger partial charge >= 0.3 is 0 Å². The molecule has 0 saturated heterocycles. The molecule has 1 atom stereocenters. The minimum Gasteiger partial charge on any atom is -0.118 e. The summed E-state index contributed by atoms with van der Waals surface area (Å²) >= 11 is 5.80. The van der Waals surface area contributed by atoms with Gasteiger partial charge in [-0.05, 0) is 12.5 Å². The summed E-state index contributed by atoms with van der Waals surface area (Å²) in [4.78, 5) is 0. The van der Waals surface area contributed by atoms with Crippen LogP contribution in [0, 0.1) is 0 Å². The van der Waals surface area contributed by atoms with Crippen LogP contribution in [-0.2, 0) is 0 Å². The summed E-state index contributed by atoms with van der Waals surface area (Å²) in [6.07, 6.45) is 0. The molecular formula is C10H15Cl. The summed E-state index contributed by atoms with van der Waals surface area (Å²) in [6.45, 7) is 5.97. The van der Waals surface area contributed by atoms with Crippen LogP contribution in [-0.4, -0.2) is 0 Å². The van der Waals surface area contributed by atoms with E-state index in [1.807, 2.05) is 51.1 Å². The van der Waals surface area contributed by atoms with Crippen LogP contribution in [0.1, 0.15) is 31.7 Å². The maximum Gasteiger partial charge on any atom is 0.0557 e. The van der Waals surface area contributed by atoms with Crippen LogP contribution in [0.5, 0.6) is 0 Å². The quantitative estimate of drug-likeness (QED) is 0.559. The molecule has 0 saturated carbocycles. The normalized spacial score (nSPS) is 11.3. The molecule has 0 aliphatic rings. The number of hydrogen-bond donors (Lipinski definition) is 0. The third-order valence-electron chi connectivity index (χ3n) is 1.26. The molecule has 0 radical (unpaired) electrons. The SMILES string of the molecule is CC.CC(Cl)c1ccccc1. The van der Waals surface area contributed by atoms with Gasteiger partial charge in [-0.3, -0.25) is 0 Å². The van der Waals surface area contributed by atoms with Crippen molar-refractivity contribution in [3.8, 4) is 0 Å². The van der Waals surface area contributed by atoms with Crippen LogP contribution < -0.4 is 0 Å². The van der Waals surface area contributed by atoms with Crippen LogP contribution in [0.3, 0.4) is 0 Å². The predicted octanol–water partition coefficient (Wildman–Crippen LogP) is 4.01. The van der Waals surface area contributed by atoms with Crippen molar-refractivity contribution in [2.75, 3.05) is 0 Å². The van der Waals surface area contributed by atoms with Crippen LogP contribution in [0.2, 0.25) is 0 Å². The molecular weight excluding hydrogens is 156 g/mol. The molecule has 0 fully saturated rings. The van der Waals surface area contributed by atoms with Crippen LogP contribution in [0.15, 0.2) is 30.3 Å². The number of alkyl halides is 1. The highest BCUT2D eigenvalue weighted by Gasteiger charge is 1.95. The Kier molecular flexibility index (Phi) is 5.96. The molecule has 1 aromatic rings. The predicted molar refractivity (Wildman–Crippen MR) is 52.1 cm³/mol. The van der Waals surface area contributed by atoms with Gasteiger partial charge in [0.1, 0.15) is 0 Å². The second-order valence-corrected chi connectivity index (χ2v) is 2.68. The van der Waals surface area contributed by atoms with Crippen molar-refractivity contribution in [2.45, 2.75) is 26.1 Å². The average Bonchev–Trinajstić information content (AvgIpc) is 2.10. The lowest BCUT2D eigenvalue weighted by Gasteiger charge is -1.99. The highest BCUT2D eigenvalue weighted by molar-refractivity contribution is 6.20. The Morgan fingerprint density at radius 2 is 1.55 bits per heavy atom. The van der Waals surface area contributed by atoms with Crippen LogP contribution >= 0.6 is 11.6 Å². The molecule has 0 nitrogen and oxygen atoms in total. The lowest BCUT2D eigenvalue weighted by molar-refractivity contribution is 1.08. The fourth-order valence-electron chi connectivity index (χ4n) is 0.718. The van der Waals surface area contributed by atoms with E-state index in [1.54, 1.807) is 0 Å².